The number of hydrogen-bond donors (Lipinski definition) is 0. The Hall–Kier alpha value is -4.91. The highest BCUT2D eigenvalue weighted by molar-refractivity contribution is 6.63. The van der Waals surface area contributed by atoms with Gasteiger partial charge in [0.25, 0.3) is 0 Å². The van der Waals surface area contributed by atoms with Crippen molar-refractivity contribution in [2.24, 2.45) is 0 Å². The van der Waals surface area contributed by atoms with E-state index in [1.165, 1.54) is 5.56 Å². The molecule has 0 N–H and O–H groups in total. The molecule has 0 atom stereocenters. The topological polar surface area (TPSA) is 57.1 Å². The lowest BCUT2D eigenvalue weighted by atomic mass is 9.74. The summed E-state index contributed by atoms with van der Waals surface area (Å²) in [5.41, 5.74) is 7.30. The van der Waals surface area contributed by atoms with Gasteiger partial charge in [-0.05, 0) is 61.5 Å². The lowest BCUT2D eigenvalue weighted by Crippen LogP contribution is -2.41. The van der Waals surface area contributed by atoms with Gasteiger partial charge in [0, 0.05) is 16.7 Å². The molecule has 1 saturated heterocycles. The summed E-state index contributed by atoms with van der Waals surface area (Å²) in [5.74, 6) is 1.87. The molecule has 5 aromatic carbocycles. The van der Waals surface area contributed by atoms with E-state index in [-0.39, 0.29) is 0 Å². The third kappa shape index (κ3) is 5.71. The molecule has 220 valence electrons. The fraction of sp³-hybridized carbons (Fsp3) is 0.154. The highest BCUT2D eigenvalue weighted by atomic mass is 16.7. The van der Waals surface area contributed by atoms with Gasteiger partial charge in [0.05, 0.1) is 11.2 Å². The Kier molecular flexibility index (Phi) is 7.40. The van der Waals surface area contributed by atoms with Crippen LogP contribution in [0.15, 0.2) is 133 Å². The van der Waals surface area contributed by atoms with Crippen LogP contribution in [0.25, 0.3) is 56.4 Å². The van der Waals surface area contributed by atoms with Crippen LogP contribution in [-0.2, 0) is 9.31 Å². The molecule has 7 rings (SSSR count). The molecule has 0 unspecified atom stereocenters. The third-order valence-corrected chi connectivity index (χ3v) is 8.82. The zero-order valence-corrected chi connectivity index (χ0v) is 25.9. The van der Waals surface area contributed by atoms with E-state index < -0.39 is 18.3 Å². The van der Waals surface area contributed by atoms with Crippen molar-refractivity contribution in [3.8, 4) is 56.4 Å². The third-order valence-electron chi connectivity index (χ3n) is 8.82. The van der Waals surface area contributed by atoms with Gasteiger partial charge in [-0.1, -0.05) is 127 Å². The Morgan fingerprint density at radius 1 is 0.422 bits per heavy atom. The van der Waals surface area contributed by atoms with Crippen LogP contribution in [0.3, 0.4) is 0 Å². The summed E-state index contributed by atoms with van der Waals surface area (Å²) >= 11 is 0. The van der Waals surface area contributed by atoms with Crippen molar-refractivity contribution in [3.05, 3.63) is 133 Å². The second-order valence-corrected chi connectivity index (χ2v) is 12.4. The number of hydrogen-bond acceptors (Lipinski definition) is 5. The molecule has 0 spiro atoms. The molecular weight excluding hydrogens is 553 g/mol. The van der Waals surface area contributed by atoms with Crippen LogP contribution in [0.5, 0.6) is 0 Å². The first-order chi connectivity index (χ1) is 21.8. The fourth-order valence-corrected chi connectivity index (χ4v) is 5.55. The van der Waals surface area contributed by atoms with Gasteiger partial charge >= 0.3 is 7.12 Å². The number of aromatic nitrogens is 3. The van der Waals surface area contributed by atoms with Crippen LogP contribution in [0.2, 0.25) is 0 Å². The van der Waals surface area contributed by atoms with Crippen molar-refractivity contribution in [2.45, 2.75) is 38.9 Å². The molecule has 0 radical (unpaired) electrons. The smallest absolute Gasteiger partial charge is 0.399 e. The molecule has 6 aromatic rings. The molecule has 1 aliphatic heterocycles. The molecule has 2 heterocycles. The summed E-state index contributed by atoms with van der Waals surface area (Å²) in [5, 5.41) is 0. The first-order valence-electron chi connectivity index (χ1n) is 15.3. The van der Waals surface area contributed by atoms with E-state index >= 15 is 0 Å². The summed E-state index contributed by atoms with van der Waals surface area (Å²) in [6.45, 7) is 8.31. The first-order valence-corrected chi connectivity index (χ1v) is 15.3. The maximum Gasteiger partial charge on any atom is 0.495 e. The fourth-order valence-electron chi connectivity index (χ4n) is 5.55. The minimum absolute atomic E-state index is 0.430. The highest BCUT2D eigenvalue weighted by Gasteiger charge is 2.52. The zero-order chi connectivity index (χ0) is 31.0. The van der Waals surface area contributed by atoms with E-state index in [1.54, 1.807) is 0 Å². The first kappa shape index (κ1) is 28.8. The van der Waals surface area contributed by atoms with E-state index in [1.807, 2.05) is 60.7 Å². The Bertz CT molecular complexity index is 1940. The summed E-state index contributed by atoms with van der Waals surface area (Å²) in [6, 6.07) is 45.4. The molecule has 0 amide bonds. The van der Waals surface area contributed by atoms with Crippen molar-refractivity contribution in [1.29, 1.82) is 0 Å². The van der Waals surface area contributed by atoms with Gasteiger partial charge in [0.1, 0.15) is 0 Å². The molecule has 0 aliphatic carbocycles. The maximum atomic E-state index is 6.44. The Morgan fingerprint density at radius 3 is 1.47 bits per heavy atom. The van der Waals surface area contributed by atoms with E-state index in [2.05, 4.69) is 100 Å². The highest BCUT2D eigenvalue weighted by Crippen LogP contribution is 2.37. The minimum Gasteiger partial charge on any atom is -0.399 e. The predicted molar refractivity (Wildman–Crippen MR) is 183 cm³/mol. The quantitative estimate of drug-likeness (QED) is 0.183. The van der Waals surface area contributed by atoms with Crippen molar-refractivity contribution in [3.63, 3.8) is 0 Å². The van der Waals surface area contributed by atoms with Crippen LogP contribution < -0.4 is 5.46 Å². The van der Waals surface area contributed by atoms with E-state index in [0.29, 0.717) is 17.5 Å². The lowest BCUT2D eigenvalue weighted by molar-refractivity contribution is 0.00578. The van der Waals surface area contributed by atoms with Crippen molar-refractivity contribution < 1.29 is 9.31 Å². The monoisotopic (exact) mass is 587 g/mol. The van der Waals surface area contributed by atoms with Crippen molar-refractivity contribution >= 4 is 12.6 Å². The van der Waals surface area contributed by atoms with E-state index in [0.717, 1.165) is 38.8 Å². The average molecular weight is 588 g/mol. The SMILES string of the molecule is CC1(C)OB(c2ccccc2-c2cccc(-c3nc(-c4ccccc4)nc(-c4ccc(-c5ccccc5)cc4)n3)c2)OC1(C)C. The molecule has 1 fully saturated rings. The van der Waals surface area contributed by atoms with Crippen molar-refractivity contribution in [2.75, 3.05) is 0 Å². The summed E-state index contributed by atoms with van der Waals surface area (Å²) in [7, 11) is -0.470. The molecule has 1 aliphatic rings. The molecule has 0 bridgehead atoms. The largest absolute Gasteiger partial charge is 0.495 e. The summed E-state index contributed by atoms with van der Waals surface area (Å²) < 4.78 is 12.9. The van der Waals surface area contributed by atoms with Gasteiger partial charge < -0.3 is 9.31 Å². The molecule has 0 saturated carbocycles. The second-order valence-electron chi connectivity index (χ2n) is 12.4. The average Bonchev–Trinajstić information content (AvgIpc) is 3.31. The molecule has 5 nitrogen and oxygen atoms in total. The van der Waals surface area contributed by atoms with Gasteiger partial charge in [-0.2, -0.15) is 0 Å². The van der Waals surface area contributed by atoms with Crippen molar-refractivity contribution in [1.82, 2.24) is 15.0 Å². The summed E-state index contributed by atoms with van der Waals surface area (Å²) in [6.07, 6.45) is 0. The van der Waals surface area contributed by atoms with E-state index in [9.17, 15) is 0 Å². The normalized spacial score (nSPS) is 15.2. The van der Waals surface area contributed by atoms with Gasteiger partial charge in [-0.25, -0.2) is 15.0 Å². The minimum atomic E-state index is -0.470. The molecule has 6 heteroatoms. The molecule has 1 aromatic heterocycles. The van der Waals surface area contributed by atoms with Gasteiger partial charge in [-0.3, -0.25) is 0 Å². The predicted octanol–water partition coefficient (Wildman–Crippen LogP) is 8.51. The Balaban J connectivity index is 1.30. The molecule has 45 heavy (non-hydrogen) atoms. The Morgan fingerprint density at radius 2 is 0.844 bits per heavy atom. The van der Waals surface area contributed by atoms with Gasteiger partial charge in [0.15, 0.2) is 17.5 Å². The Labute approximate surface area is 265 Å². The standard InChI is InChI=1S/C39H34BN3O2/c1-38(2)39(3,4)45-40(44-38)34-21-12-11-20-33(34)31-18-13-19-32(26-31)37-42-35(29-16-9-6-10-17-29)41-36(43-37)30-24-22-28(23-25-30)27-14-7-5-8-15-27/h5-26H,1-4H3. The van der Waals surface area contributed by atoms with Crippen LogP contribution in [0, 0.1) is 0 Å². The van der Waals surface area contributed by atoms with Crippen LogP contribution >= 0.6 is 0 Å². The van der Waals surface area contributed by atoms with Crippen LogP contribution in [0.1, 0.15) is 27.7 Å². The lowest BCUT2D eigenvalue weighted by Gasteiger charge is -2.32. The zero-order valence-electron chi connectivity index (χ0n) is 25.9. The second kappa shape index (κ2) is 11.5. The van der Waals surface area contributed by atoms with Gasteiger partial charge in [-0.15, -0.1) is 0 Å². The van der Waals surface area contributed by atoms with Gasteiger partial charge in [0.2, 0.25) is 0 Å². The number of rotatable bonds is 6. The maximum absolute atomic E-state index is 6.44. The summed E-state index contributed by atoms with van der Waals surface area (Å²) in [4.78, 5) is 14.9. The van der Waals surface area contributed by atoms with Crippen LogP contribution in [-0.4, -0.2) is 33.3 Å². The number of nitrogens with zero attached hydrogens (tertiary/aromatic N) is 3. The molecular formula is C39H34BN3O2. The van der Waals surface area contributed by atoms with Crippen LogP contribution in [0.4, 0.5) is 0 Å². The van der Waals surface area contributed by atoms with E-state index in [4.69, 9.17) is 24.3 Å². The number of benzene rings is 5.